The number of hydrogen-bond donors (Lipinski definition) is 2. The molecule has 0 aliphatic rings. The number of aliphatic carboxylic acids is 1. The predicted octanol–water partition coefficient (Wildman–Crippen LogP) is 2.73. The molecule has 2 heterocycles. The summed E-state index contributed by atoms with van der Waals surface area (Å²) >= 11 is 11.9. The minimum Gasteiger partial charge on any atom is -0.480 e. The molecule has 3 aromatic rings. The molecule has 140 valence electrons. The monoisotopic (exact) mass is 408 g/mol. The van der Waals surface area contributed by atoms with Gasteiger partial charge in [-0.25, -0.2) is 19.1 Å². The van der Waals surface area contributed by atoms with Gasteiger partial charge in [0.2, 0.25) is 5.95 Å². The zero-order chi connectivity index (χ0) is 19.6. The highest BCUT2D eigenvalue weighted by atomic mass is 35.5. The second-order valence-electron chi connectivity index (χ2n) is 5.64. The number of carbonyl (C=O) groups excluding carboxylic acids is 1. The molecule has 2 N–H and O–H groups in total. The van der Waals surface area contributed by atoms with Crippen molar-refractivity contribution in [1.29, 1.82) is 0 Å². The maximum atomic E-state index is 12.4. The van der Waals surface area contributed by atoms with E-state index in [1.54, 1.807) is 18.2 Å². The minimum atomic E-state index is -1.10. The van der Waals surface area contributed by atoms with Crippen molar-refractivity contribution in [3.8, 4) is 0 Å². The van der Waals surface area contributed by atoms with Crippen molar-refractivity contribution < 1.29 is 14.7 Å². The molecule has 27 heavy (non-hydrogen) atoms. The summed E-state index contributed by atoms with van der Waals surface area (Å²) in [5, 5.41) is 20.6. The second-order valence-corrected chi connectivity index (χ2v) is 6.46. The number of halogens is 2. The van der Waals surface area contributed by atoms with Crippen LogP contribution in [0.4, 0.5) is 5.95 Å². The molecule has 9 nitrogen and oxygen atoms in total. The third kappa shape index (κ3) is 4.26. The molecule has 0 aliphatic heterocycles. The summed E-state index contributed by atoms with van der Waals surface area (Å²) < 4.78 is 2.64. The topological polar surface area (TPSA) is 115 Å². The summed E-state index contributed by atoms with van der Waals surface area (Å²) in [6.45, 7) is 1.81. The van der Waals surface area contributed by atoms with Gasteiger partial charge in [-0.3, -0.25) is 10.1 Å². The van der Waals surface area contributed by atoms with Crippen LogP contribution < -0.4 is 5.32 Å². The average molecular weight is 409 g/mol. The van der Waals surface area contributed by atoms with Crippen LogP contribution in [0.15, 0.2) is 36.8 Å². The highest BCUT2D eigenvalue weighted by molar-refractivity contribution is 6.42. The molecule has 1 unspecified atom stereocenters. The summed E-state index contributed by atoms with van der Waals surface area (Å²) in [7, 11) is 0. The highest BCUT2D eigenvalue weighted by Crippen LogP contribution is 2.23. The van der Waals surface area contributed by atoms with E-state index in [2.05, 4.69) is 20.5 Å². The van der Waals surface area contributed by atoms with E-state index < -0.39 is 17.9 Å². The van der Waals surface area contributed by atoms with Crippen LogP contribution >= 0.6 is 23.2 Å². The van der Waals surface area contributed by atoms with E-state index >= 15 is 0 Å². The molecule has 1 atom stereocenters. The van der Waals surface area contributed by atoms with E-state index in [0.29, 0.717) is 16.6 Å². The Kier molecular flexibility index (Phi) is 5.43. The average Bonchev–Trinajstić information content (AvgIpc) is 3.27. The van der Waals surface area contributed by atoms with Crippen molar-refractivity contribution >= 4 is 41.0 Å². The number of carbonyl (C=O) groups is 2. The summed E-state index contributed by atoms with van der Waals surface area (Å²) in [6, 6.07) is 5.64. The van der Waals surface area contributed by atoms with Crippen LogP contribution in [0.5, 0.6) is 0 Å². The van der Waals surface area contributed by atoms with Crippen LogP contribution in [0, 0.1) is 0 Å². The van der Waals surface area contributed by atoms with Gasteiger partial charge in [-0.05, 0) is 30.7 Å². The molecule has 0 radical (unpaired) electrons. The number of amides is 1. The third-order valence-corrected chi connectivity index (χ3v) is 4.46. The molecule has 0 bridgehead atoms. The fourth-order valence-electron chi connectivity index (χ4n) is 2.33. The van der Waals surface area contributed by atoms with Crippen molar-refractivity contribution in [2.75, 3.05) is 5.32 Å². The number of hydrogen-bond acceptors (Lipinski definition) is 5. The van der Waals surface area contributed by atoms with Crippen LogP contribution in [-0.4, -0.2) is 41.5 Å². The summed E-state index contributed by atoms with van der Waals surface area (Å²) in [4.78, 5) is 27.5. The van der Waals surface area contributed by atoms with Gasteiger partial charge in [0.1, 0.15) is 18.1 Å². The SMILES string of the molecule is CC(C(=O)O)n1nccc1C(=O)Nc1ncn(Cc2ccc(Cl)c(Cl)c2)n1. The van der Waals surface area contributed by atoms with Gasteiger partial charge in [0.15, 0.2) is 0 Å². The lowest BCUT2D eigenvalue weighted by Gasteiger charge is -2.10. The predicted molar refractivity (Wildman–Crippen MR) is 98.1 cm³/mol. The Morgan fingerprint density at radius 2 is 2.04 bits per heavy atom. The molecule has 0 aliphatic carbocycles. The van der Waals surface area contributed by atoms with Gasteiger partial charge in [-0.15, -0.1) is 5.10 Å². The third-order valence-electron chi connectivity index (χ3n) is 3.72. The van der Waals surface area contributed by atoms with Gasteiger partial charge >= 0.3 is 5.97 Å². The van der Waals surface area contributed by atoms with E-state index in [-0.39, 0.29) is 11.6 Å². The Bertz CT molecular complexity index is 1000. The lowest BCUT2D eigenvalue weighted by molar-refractivity contribution is -0.140. The Morgan fingerprint density at radius 3 is 2.74 bits per heavy atom. The van der Waals surface area contributed by atoms with Crippen molar-refractivity contribution in [1.82, 2.24) is 24.5 Å². The van der Waals surface area contributed by atoms with Gasteiger partial charge < -0.3 is 5.11 Å². The molecule has 3 rings (SSSR count). The lowest BCUT2D eigenvalue weighted by Crippen LogP contribution is -2.24. The van der Waals surface area contributed by atoms with E-state index in [1.807, 2.05) is 0 Å². The van der Waals surface area contributed by atoms with Crippen LogP contribution in [0.25, 0.3) is 0 Å². The van der Waals surface area contributed by atoms with Crippen molar-refractivity contribution in [2.45, 2.75) is 19.5 Å². The van der Waals surface area contributed by atoms with E-state index in [4.69, 9.17) is 28.3 Å². The molecule has 2 aromatic heterocycles. The Labute approximate surface area is 163 Å². The Morgan fingerprint density at radius 1 is 1.26 bits per heavy atom. The van der Waals surface area contributed by atoms with E-state index in [9.17, 15) is 9.59 Å². The fraction of sp³-hybridized carbons (Fsp3) is 0.188. The number of carboxylic acids is 1. The molecule has 0 spiro atoms. The second kappa shape index (κ2) is 7.77. The van der Waals surface area contributed by atoms with Crippen LogP contribution in [0.1, 0.15) is 29.0 Å². The number of aromatic nitrogens is 5. The standard InChI is InChI=1S/C16H14Cl2N6O3/c1-9(15(26)27)24-13(4-5-20-24)14(25)21-16-19-8-23(22-16)7-10-2-3-11(17)12(18)6-10/h2-6,8-9H,7H2,1H3,(H,26,27)(H,21,22,25). The fourth-order valence-corrected chi connectivity index (χ4v) is 2.65. The smallest absolute Gasteiger partial charge is 0.328 e. The van der Waals surface area contributed by atoms with Gasteiger partial charge in [0.25, 0.3) is 5.91 Å². The lowest BCUT2D eigenvalue weighted by atomic mass is 10.2. The summed E-state index contributed by atoms with van der Waals surface area (Å²) in [5.41, 5.74) is 0.950. The summed E-state index contributed by atoms with van der Waals surface area (Å²) in [6.07, 6.45) is 2.81. The normalized spacial score (nSPS) is 12.0. The van der Waals surface area contributed by atoms with Gasteiger partial charge in [-0.1, -0.05) is 29.3 Å². The minimum absolute atomic E-state index is 0.0794. The zero-order valence-corrected chi connectivity index (χ0v) is 15.5. The van der Waals surface area contributed by atoms with Gasteiger partial charge in [-0.2, -0.15) is 5.10 Å². The molecule has 11 heteroatoms. The molecule has 1 amide bonds. The number of nitrogens with zero attached hydrogens (tertiary/aromatic N) is 5. The number of rotatable bonds is 6. The highest BCUT2D eigenvalue weighted by Gasteiger charge is 2.21. The largest absolute Gasteiger partial charge is 0.480 e. The number of carboxylic acid groups (broad SMARTS) is 1. The molecule has 0 fully saturated rings. The van der Waals surface area contributed by atoms with Crippen molar-refractivity contribution in [3.05, 3.63) is 58.1 Å². The van der Waals surface area contributed by atoms with Gasteiger partial charge in [0.05, 0.1) is 16.6 Å². The summed E-state index contributed by atoms with van der Waals surface area (Å²) in [5.74, 6) is -1.58. The van der Waals surface area contributed by atoms with E-state index in [1.165, 1.54) is 30.2 Å². The van der Waals surface area contributed by atoms with Crippen LogP contribution in [0.2, 0.25) is 10.0 Å². The van der Waals surface area contributed by atoms with Crippen molar-refractivity contribution in [3.63, 3.8) is 0 Å². The Balaban J connectivity index is 1.71. The first-order valence-electron chi connectivity index (χ1n) is 7.76. The maximum absolute atomic E-state index is 12.4. The zero-order valence-electron chi connectivity index (χ0n) is 14.0. The molecule has 0 saturated heterocycles. The Hall–Kier alpha value is -2.91. The van der Waals surface area contributed by atoms with Crippen molar-refractivity contribution in [2.24, 2.45) is 0 Å². The maximum Gasteiger partial charge on any atom is 0.328 e. The first-order valence-corrected chi connectivity index (χ1v) is 8.52. The number of benzene rings is 1. The first-order chi connectivity index (χ1) is 12.8. The number of nitrogens with one attached hydrogen (secondary N) is 1. The number of anilines is 1. The molecule has 0 saturated carbocycles. The molecular weight excluding hydrogens is 395 g/mol. The quantitative estimate of drug-likeness (QED) is 0.647. The molecule has 1 aromatic carbocycles. The van der Waals surface area contributed by atoms with E-state index in [0.717, 1.165) is 10.2 Å². The van der Waals surface area contributed by atoms with Crippen LogP contribution in [-0.2, 0) is 11.3 Å². The van der Waals surface area contributed by atoms with Gasteiger partial charge in [0, 0.05) is 6.20 Å². The first kappa shape index (κ1) is 18.9. The van der Waals surface area contributed by atoms with Crippen LogP contribution in [0.3, 0.4) is 0 Å². The molecular formula is C16H14Cl2N6O3.